The molecule has 8 nitrogen and oxygen atoms in total. The van der Waals surface area contributed by atoms with Gasteiger partial charge in [-0.25, -0.2) is 4.39 Å². The van der Waals surface area contributed by atoms with Crippen molar-refractivity contribution in [3.8, 4) is 5.69 Å². The fourth-order valence-electron chi connectivity index (χ4n) is 2.47. The van der Waals surface area contributed by atoms with Gasteiger partial charge in [-0.3, -0.25) is 9.59 Å². The third-order valence-corrected chi connectivity index (χ3v) is 4.86. The third kappa shape index (κ3) is 5.61. The minimum atomic E-state index is -0.407. The maximum absolute atomic E-state index is 12.9. The minimum Gasteiger partial charge on any atom is -0.346 e. The van der Waals surface area contributed by atoms with Crippen LogP contribution in [0, 0.1) is 19.7 Å². The fraction of sp³-hybridized carbons (Fsp3) is 0.211. The molecule has 0 unspecified atom stereocenters. The molecule has 0 bridgehead atoms. The zero-order valence-electron chi connectivity index (χ0n) is 15.8. The van der Waals surface area contributed by atoms with Crippen molar-refractivity contribution < 1.29 is 14.0 Å². The lowest BCUT2D eigenvalue weighted by molar-refractivity contribution is -0.122. The van der Waals surface area contributed by atoms with Crippen molar-refractivity contribution in [1.82, 2.24) is 25.5 Å². The fourth-order valence-corrected chi connectivity index (χ4v) is 3.18. The van der Waals surface area contributed by atoms with Gasteiger partial charge in [0.15, 0.2) is 0 Å². The molecule has 2 aromatic carbocycles. The van der Waals surface area contributed by atoms with E-state index in [-0.39, 0.29) is 18.2 Å². The summed E-state index contributed by atoms with van der Waals surface area (Å²) in [5.41, 5.74) is 3.37. The van der Waals surface area contributed by atoms with Crippen molar-refractivity contribution in [2.45, 2.75) is 19.0 Å². The number of nitrogens with one attached hydrogen (secondary N) is 2. The van der Waals surface area contributed by atoms with Crippen LogP contribution >= 0.6 is 11.8 Å². The Hall–Kier alpha value is -3.27. The monoisotopic (exact) mass is 414 g/mol. The average molecular weight is 414 g/mol. The maximum Gasteiger partial charge on any atom is 0.243 e. The molecule has 2 amide bonds. The predicted octanol–water partition coefficient (Wildman–Crippen LogP) is 2.27. The highest BCUT2D eigenvalue weighted by molar-refractivity contribution is 7.99. The van der Waals surface area contributed by atoms with Crippen LogP contribution in [-0.2, 0) is 9.59 Å². The quantitative estimate of drug-likeness (QED) is 0.575. The summed E-state index contributed by atoms with van der Waals surface area (Å²) in [4.78, 5) is 23.9. The van der Waals surface area contributed by atoms with Gasteiger partial charge in [0.1, 0.15) is 5.82 Å². The molecule has 0 atom stereocenters. The molecule has 0 saturated heterocycles. The number of halogens is 1. The number of benzene rings is 2. The second kappa shape index (κ2) is 9.28. The van der Waals surface area contributed by atoms with Gasteiger partial charge in [-0.15, -0.1) is 5.10 Å². The summed E-state index contributed by atoms with van der Waals surface area (Å²) < 4.78 is 14.5. The first-order valence-corrected chi connectivity index (χ1v) is 9.72. The number of carbonyl (C=O) groups excluding carboxylic acids is 2. The van der Waals surface area contributed by atoms with Crippen LogP contribution in [0.2, 0.25) is 0 Å². The number of carbonyl (C=O) groups is 2. The molecule has 0 saturated carbocycles. The first-order valence-electron chi connectivity index (χ1n) is 8.73. The van der Waals surface area contributed by atoms with Gasteiger partial charge in [0.25, 0.3) is 0 Å². The van der Waals surface area contributed by atoms with Gasteiger partial charge in [0, 0.05) is 5.69 Å². The molecule has 10 heteroatoms. The normalized spacial score (nSPS) is 10.6. The number of tetrazole rings is 1. The molecule has 29 heavy (non-hydrogen) atoms. The van der Waals surface area contributed by atoms with E-state index in [1.165, 1.54) is 36.0 Å². The summed E-state index contributed by atoms with van der Waals surface area (Å²) in [7, 11) is 0. The maximum atomic E-state index is 12.9. The van der Waals surface area contributed by atoms with Crippen molar-refractivity contribution in [1.29, 1.82) is 0 Å². The topological polar surface area (TPSA) is 102 Å². The third-order valence-electron chi connectivity index (χ3n) is 3.94. The van der Waals surface area contributed by atoms with E-state index in [0.29, 0.717) is 10.8 Å². The number of nitrogens with zero attached hydrogens (tertiary/aromatic N) is 4. The van der Waals surface area contributed by atoms with Crippen LogP contribution in [0.4, 0.5) is 10.1 Å². The molecule has 0 aliphatic heterocycles. The van der Waals surface area contributed by atoms with Crippen molar-refractivity contribution >= 4 is 29.3 Å². The summed E-state index contributed by atoms with van der Waals surface area (Å²) in [6.07, 6.45) is 0. The van der Waals surface area contributed by atoms with E-state index in [0.717, 1.165) is 16.8 Å². The lowest BCUT2D eigenvalue weighted by Gasteiger charge is -2.09. The van der Waals surface area contributed by atoms with Crippen molar-refractivity contribution in [2.24, 2.45) is 0 Å². The highest BCUT2D eigenvalue weighted by atomic mass is 32.2. The van der Waals surface area contributed by atoms with E-state index in [1.807, 2.05) is 32.0 Å². The number of amides is 2. The summed E-state index contributed by atoms with van der Waals surface area (Å²) in [5.74, 6) is -1.08. The van der Waals surface area contributed by atoms with Gasteiger partial charge < -0.3 is 10.6 Å². The second-order valence-corrected chi connectivity index (χ2v) is 7.23. The Labute approximate surface area is 170 Å². The van der Waals surface area contributed by atoms with Crippen LogP contribution < -0.4 is 10.6 Å². The molecule has 150 valence electrons. The van der Waals surface area contributed by atoms with Gasteiger partial charge in [-0.05, 0) is 65.7 Å². The van der Waals surface area contributed by atoms with Crippen LogP contribution in [0.5, 0.6) is 0 Å². The predicted molar refractivity (Wildman–Crippen MR) is 107 cm³/mol. The minimum absolute atomic E-state index is 0.0507. The molecular weight excluding hydrogens is 395 g/mol. The van der Waals surface area contributed by atoms with E-state index in [1.54, 1.807) is 4.68 Å². The zero-order valence-corrected chi connectivity index (χ0v) is 16.7. The van der Waals surface area contributed by atoms with E-state index < -0.39 is 11.7 Å². The Bertz CT molecular complexity index is 1020. The molecule has 0 aliphatic rings. The molecule has 0 fully saturated rings. The van der Waals surface area contributed by atoms with Crippen LogP contribution in [-0.4, -0.2) is 44.3 Å². The number of aromatic nitrogens is 4. The highest BCUT2D eigenvalue weighted by Crippen LogP contribution is 2.21. The molecule has 1 aromatic heterocycles. The smallest absolute Gasteiger partial charge is 0.243 e. The second-order valence-electron chi connectivity index (χ2n) is 6.28. The SMILES string of the molecule is Cc1ccc(C)c(-n2nnnc2SCC(=O)NCC(=O)Nc2ccc(F)cc2)c1. The molecule has 1 heterocycles. The molecular formula is C19H19FN6O2S. The van der Waals surface area contributed by atoms with Gasteiger partial charge in [0.2, 0.25) is 17.0 Å². The van der Waals surface area contributed by atoms with Gasteiger partial charge in [0.05, 0.1) is 18.0 Å². The van der Waals surface area contributed by atoms with Crippen LogP contribution in [0.3, 0.4) is 0 Å². The van der Waals surface area contributed by atoms with E-state index in [4.69, 9.17) is 0 Å². The number of anilines is 1. The van der Waals surface area contributed by atoms with E-state index >= 15 is 0 Å². The van der Waals surface area contributed by atoms with Crippen LogP contribution in [0.25, 0.3) is 5.69 Å². The number of aryl methyl sites for hydroxylation is 2. The lowest BCUT2D eigenvalue weighted by Crippen LogP contribution is -2.33. The summed E-state index contributed by atoms with van der Waals surface area (Å²) in [5, 5.41) is 17.2. The Balaban J connectivity index is 1.51. The first-order chi connectivity index (χ1) is 13.9. The summed E-state index contributed by atoms with van der Waals surface area (Å²) in [6, 6.07) is 11.3. The van der Waals surface area contributed by atoms with Crippen molar-refractivity contribution in [3.05, 3.63) is 59.4 Å². The van der Waals surface area contributed by atoms with E-state index in [9.17, 15) is 14.0 Å². The molecule has 0 aliphatic carbocycles. The zero-order chi connectivity index (χ0) is 20.8. The Kier molecular flexibility index (Phi) is 6.55. The molecule has 3 aromatic rings. The first kappa shape index (κ1) is 20.5. The Morgan fingerprint density at radius 1 is 1.10 bits per heavy atom. The molecule has 0 radical (unpaired) electrons. The lowest BCUT2D eigenvalue weighted by atomic mass is 10.1. The molecule has 0 spiro atoms. The van der Waals surface area contributed by atoms with Crippen molar-refractivity contribution in [2.75, 3.05) is 17.6 Å². The number of thioether (sulfide) groups is 1. The largest absolute Gasteiger partial charge is 0.346 e. The van der Waals surface area contributed by atoms with Crippen LogP contribution in [0.1, 0.15) is 11.1 Å². The van der Waals surface area contributed by atoms with Crippen LogP contribution in [0.15, 0.2) is 47.6 Å². The Morgan fingerprint density at radius 2 is 1.86 bits per heavy atom. The van der Waals surface area contributed by atoms with E-state index in [2.05, 4.69) is 26.2 Å². The van der Waals surface area contributed by atoms with Gasteiger partial charge in [-0.2, -0.15) is 4.68 Å². The number of rotatable bonds is 7. The highest BCUT2D eigenvalue weighted by Gasteiger charge is 2.14. The van der Waals surface area contributed by atoms with Crippen molar-refractivity contribution in [3.63, 3.8) is 0 Å². The molecule has 3 rings (SSSR count). The van der Waals surface area contributed by atoms with Gasteiger partial charge in [-0.1, -0.05) is 23.9 Å². The number of hydrogen-bond acceptors (Lipinski definition) is 6. The summed E-state index contributed by atoms with van der Waals surface area (Å²) in [6.45, 7) is 3.74. The van der Waals surface area contributed by atoms with Gasteiger partial charge >= 0.3 is 0 Å². The summed E-state index contributed by atoms with van der Waals surface area (Å²) >= 11 is 1.17. The average Bonchev–Trinajstić information content (AvgIpc) is 3.17. The number of hydrogen-bond donors (Lipinski definition) is 2. The molecule has 2 N–H and O–H groups in total. The Morgan fingerprint density at radius 3 is 2.62 bits per heavy atom. The standard InChI is InChI=1S/C19H19FN6O2S/c1-12-3-4-13(2)16(9-12)26-19(23-24-25-26)29-11-18(28)21-10-17(27)22-15-7-5-14(20)6-8-15/h3-9H,10-11H2,1-2H3,(H,21,28)(H,22,27).